The third-order valence-electron chi connectivity index (χ3n) is 1.95. The molecule has 0 aromatic heterocycles. The molecule has 0 heterocycles. The zero-order valence-corrected chi connectivity index (χ0v) is 9.04. The van der Waals surface area contributed by atoms with E-state index in [1.54, 1.807) is 0 Å². The molecule has 0 aliphatic rings. The number of unbranched alkanes of at least 4 members (excludes halogenated alkanes) is 1. The first-order valence-corrected chi connectivity index (χ1v) is 5.75. The van der Waals surface area contributed by atoms with Gasteiger partial charge in [-0.2, -0.15) is 0 Å². The van der Waals surface area contributed by atoms with Crippen molar-refractivity contribution >= 4 is 17.0 Å². The average molecular weight is 213 g/mol. The molecule has 1 atom stereocenters. The summed E-state index contributed by atoms with van der Waals surface area (Å²) in [5, 5.41) is 0. The smallest absolute Gasteiger partial charge is 0.261 e. The second-order valence-corrected chi connectivity index (χ2v) is 3.92. The van der Waals surface area contributed by atoms with Gasteiger partial charge in [0.05, 0.1) is 5.69 Å². The van der Waals surface area contributed by atoms with Crippen LogP contribution in [0.5, 0.6) is 0 Å². The summed E-state index contributed by atoms with van der Waals surface area (Å²) in [6, 6.07) is 9.29. The minimum Gasteiger partial charge on any atom is -0.289 e. The van der Waals surface area contributed by atoms with Crippen molar-refractivity contribution in [3.63, 3.8) is 0 Å². The van der Waals surface area contributed by atoms with E-state index >= 15 is 0 Å². The fourth-order valence-electron chi connectivity index (χ4n) is 1.19. The maximum Gasteiger partial charge on any atom is 0.261 e. The van der Waals surface area contributed by atoms with Crippen molar-refractivity contribution < 1.29 is 8.76 Å². The Morgan fingerprint density at radius 3 is 2.50 bits per heavy atom. The van der Waals surface area contributed by atoms with Crippen molar-refractivity contribution in [1.82, 2.24) is 0 Å². The second-order valence-electron chi connectivity index (χ2n) is 3.02. The van der Waals surface area contributed by atoms with Crippen molar-refractivity contribution in [3.8, 4) is 0 Å². The highest BCUT2D eigenvalue weighted by molar-refractivity contribution is 7.80. The van der Waals surface area contributed by atoms with Crippen LogP contribution in [0.3, 0.4) is 0 Å². The fraction of sp³-hybridized carbons (Fsp3) is 0.400. The number of anilines is 1. The summed E-state index contributed by atoms with van der Waals surface area (Å²) in [5.41, 5.74) is 0.793. The van der Waals surface area contributed by atoms with E-state index in [-0.39, 0.29) is 0 Å². The highest BCUT2D eigenvalue weighted by Crippen LogP contribution is 2.15. The molecule has 1 rings (SSSR count). The normalized spacial score (nSPS) is 12.4. The van der Waals surface area contributed by atoms with Crippen molar-refractivity contribution in [1.29, 1.82) is 0 Å². The van der Waals surface area contributed by atoms with Crippen LogP contribution >= 0.6 is 0 Å². The molecule has 1 aromatic rings. The van der Waals surface area contributed by atoms with Crippen molar-refractivity contribution in [3.05, 3.63) is 30.3 Å². The minimum absolute atomic E-state index is 0.615. The Balaban J connectivity index is 2.73. The molecule has 14 heavy (non-hydrogen) atoms. The molecule has 3 nitrogen and oxygen atoms in total. The first-order chi connectivity index (χ1) is 6.75. The summed E-state index contributed by atoms with van der Waals surface area (Å²) < 4.78 is 21.6. The summed E-state index contributed by atoms with van der Waals surface area (Å²) in [7, 11) is 0. The second kappa shape index (κ2) is 5.78. The van der Waals surface area contributed by atoms with Crippen LogP contribution in [0.15, 0.2) is 30.3 Å². The van der Waals surface area contributed by atoms with Gasteiger partial charge in [-0.05, 0) is 18.6 Å². The molecular formula is C10H15NO2S. The Kier molecular flexibility index (Phi) is 4.62. The molecule has 0 aliphatic carbocycles. The zero-order valence-electron chi connectivity index (χ0n) is 8.22. The van der Waals surface area contributed by atoms with E-state index in [0.29, 0.717) is 6.54 Å². The maximum atomic E-state index is 11.0. The molecule has 0 fully saturated rings. The van der Waals surface area contributed by atoms with Crippen LogP contribution < -0.4 is 4.31 Å². The third-order valence-corrected chi connectivity index (χ3v) is 2.72. The highest BCUT2D eigenvalue weighted by atomic mass is 32.2. The molecule has 0 aliphatic heterocycles. The van der Waals surface area contributed by atoms with Gasteiger partial charge in [0.1, 0.15) is 0 Å². The molecule has 0 amide bonds. The fourth-order valence-corrected chi connectivity index (χ4v) is 1.78. The van der Waals surface area contributed by atoms with Crippen molar-refractivity contribution in [2.24, 2.45) is 0 Å². The summed E-state index contributed by atoms with van der Waals surface area (Å²) in [4.78, 5) is 0. The highest BCUT2D eigenvalue weighted by Gasteiger charge is 2.10. The molecule has 1 unspecified atom stereocenters. The van der Waals surface area contributed by atoms with E-state index < -0.39 is 11.3 Å². The predicted octanol–water partition coefficient (Wildman–Crippen LogP) is 2.43. The van der Waals surface area contributed by atoms with E-state index in [4.69, 9.17) is 4.55 Å². The van der Waals surface area contributed by atoms with Crippen LogP contribution in [0, 0.1) is 0 Å². The molecule has 1 N–H and O–H groups in total. The maximum absolute atomic E-state index is 11.0. The van der Waals surface area contributed by atoms with Gasteiger partial charge >= 0.3 is 0 Å². The molecule has 1 aromatic carbocycles. The lowest BCUT2D eigenvalue weighted by atomic mass is 10.3. The molecule has 78 valence electrons. The minimum atomic E-state index is -1.92. The van der Waals surface area contributed by atoms with Gasteiger partial charge in [-0.25, -0.2) is 4.21 Å². The van der Waals surface area contributed by atoms with E-state index in [1.807, 2.05) is 30.3 Å². The van der Waals surface area contributed by atoms with Gasteiger partial charge in [-0.15, -0.1) is 0 Å². The number of benzene rings is 1. The SMILES string of the molecule is CCCCN(c1ccccc1)S(=O)O. The summed E-state index contributed by atoms with van der Waals surface area (Å²) in [6.45, 7) is 2.67. The third kappa shape index (κ3) is 3.12. The number of nitrogens with zero attached hydrogens (tertiary/aromatic N) is 1. The zero-order chi connectivity index (χ0) is 10.4. The first-order valence-electron chi connectivity index (χ1n) is 4.69. The average Bonchev–Trinajstić information content (AvgIpc) is 2.19. The number of hydrogen-bond acceptors (Lipinski definition) is 1. The van der Waals surface area contributed by atoms with Gasteiger partial charge < -0.3 is 0 Å². The van der Waals surface area contributed by atoms with E-state index in [2.05, 4.69) is 6.92 Å². The van der Waals surface area contributed by atoms with Crippen LogP contribution in [-0.4, -0.2) is 15.3 Å². The van der Waals surface area contributed by atoms with Gasteiger partial charge in [0.15, 0.2) is 0 Å². The lowest BCUT2D eigenvalue weighted by Gasteiger charge is -2.19. The van der Waals surface area contributed by atoms with Gasteiger partial charge in [-0.1, -0.05) is 31.5 Å². The number of hydrogen-bond donors (Lipinski definition) is 1. The molecular weight excluding hydrogens is 198 g/mol. The first kappa shape index (κ1) is 11.2. The summed E-state index contributed by atoms with van der Waals surface area (Å²) >= 11 is -1.92. The van der Waals surface area contributed by atoms with Crippen LogP contribution in [0.25, 0.3) is 0 Å². The largest absolute Gasteiger partial charge is 0.289 e. The van der Waals surface area contributed by atoms with Crippen molar-refractivity contribution in [2.45, 2.75) is 19.8 Å². The van der Waals surface area contributed by atoms with Crippen LogP contribution in [0.2, 0.25) is 0 Å². The van der Waals surface area contributed by atoms with Crippen LogP contribution in [-0.2, 0) is 11.3 Å². The standard InChI is InChI=1S/C10H15NO2S/c1-2-3-9-11(14(12)13)10-7-5-4-6-8-10/h4-8H,2-3,9H2,1H3,(H,12,13). The molecule has 0 spiro atoms. The summed E-state index contributed by atoms with van der Waals surface area (Å²) in [6.07, 6.45) is 1.93. The molecule has 0 saturated carbocycles. The lowest BCUT2D eigenvalue weighted by Crippen LogP contribution is -2.26. The van der Waals surface area contributed by atoms with Gasteiger partial charge in [0, 0.05) is 6.54 Å². The Bertz CT molecular complexity index is 289. The molecule has 0 bridgehead atoms. The Morgan fingerprint density at radius 1 is 1.36 bits per heavy atom. The Morgan fingerprint density at radius 2 is 2.00 bits per heavy atom. The van der Waals surface area contributed by atoms with Crippen molar-refractivity contribution in [2.75, 3.05) is 10.8 Å². The quantitative estimate of drug-likeness (QED) is 0.763. The topological polar surface area (TPSA) is 40.5 Å². The van der Waals surface area contributed by atoms with Gasteiger partial charge in [-0.3, -0.25) is 8.86 Å². The molecule has 4 heteroatoms. The summed E-state index contributed by atoms with van der Waals surface area (Å²) in [5.74, 6) is 0. The monoisotopic (exact) mass is 213 g/mol. The van der Waals surface area contributed by atoms with E-state index in [9.17, 15) is 4.21 Å². The predicted molar refractivity (Wildman–Crippen MR) is 59.5 cm³/mol. The Labute approximate surface area is 87.2 Å². The number of rotatable bonds is 5. The Hall–Kier alpha value is -0.870. The van der Waals surface area contributed by atoms with Crippen LogP contribution in [0.1, 0.15) is 19.8 Å². The molecule has 0 radical (unpaired) electrons. The number of para-hydroxylation sites is 1. The lowest BCUT2D eigenvalue weighted by molar-refractivity contribution is 0.557. The van der Waals surface area contributed by atoms with Gasteiger partial charge in [0.25, 0.3) is 11.3 Å². The molecule has 0 saturated heterocycles. The van der Waals surface area contributed by atoms with Crippen LogP contribution in [0.4, 0.5) is 5.69 Å². The van der Waals surface area contributed by atoms with Gasteiger partial charge in [0.2, 0.25) is 0 Å². The van der Waals surface area contributed by atoms with E-state index in [1.165, 1.54) is 4.31 Å². The van der Waals surface area contributed by atoms with E-state index in [0.717, 1.165) is 18.5 Å².